The van der Waals surface area contributed by atoms with E-state index in [1.165, 1.54) is 4.70 Å². The molecular weight excluding hydrogens is 396 g/mol. The van der Waals surface area contributed by atoms with Gasteiger partial charge in [-0.2, -0.15) is 0 Å². The van der Waals surface area contributed by atoms with Crippen LogP contribution in [0, 0.1) is 0 Å². The number of benzene rings is 2. The van der Waals surface area contributed by atoms with Crippen LogP contribution in [0.4, 0.5) is 0 Å². The molecule has 4 aromatic rings. The van der Waals surface area contributed by atoms with Crippen molar-refractivity contribution < 1.29 is 9.52 Å². The van der Waals surface area contributed by atoms with Gasteiger partial charge in [0.2, 0.25) is 5.89 Å². The second-order valence-corrected chi connectivity index (χ2v) is 7.88. The van der Waals surface area contributed by atoms with Crippen LogP contribution in [0.15, 0.2) is 76.3 Å². The van der Waals surface area contributed by atoms with Gasteiger partial charge in [0, 0.05) is 28.2 Å². The van der Waals surface area contributed by atoms with Crippen LogP contribution >= 0.6 is 11.3 Å². The molecule has 0 aliphatic carbocycles. The van der Waals surface area contributed by atoms with Crippen LogP contribution < -0.4 is 10.6 Å². The van der Waals surface area contributed by atoms with Crippen molar-refractivity contribution in [2.45, 2.75) is 19.6 Å². The average molecular weight is 421 g/mol. The topological polar surface area (TPSA) is 82.7 Å². The molecule has 0 bridgehead atoms. The van der Waals surface area contributed by atoms with Gasteiger partial charge in [-0.3, -0.25) is 0 Å². The van der Waals surface area contributed by atoms with E-state index >= 15 is 0 Å². The highest BCUT2D eigenvalue weighted by molar-refractivity contribution is 7.19. The quantitative estimate of drug-likeness (QED) is 0.306. The number of nitrogens with one attached hydrogen (secondary N) is 2. The van der Waals surface area contributed by atoms with E-state index in [0.717, 1.165) is 21.6 Å². The van der Waals surface area contributed by atoms with Crippen molar-refractivity contribution in [2.75, 3.05) is 13.1 Å². The summed E-state index contributed by atoms with van der Waals surface area (Å²) in [6.45, 7) is 3.38. The maximum Gasteiger partial charge on any atom is 0.216 e. The van der Waals surface area contributed by atoms with Crippen molar-refractivity contribution in [3.8, 4) is 11.3 Å². The van der Waals surface area contributed by atoms with Crippen LogP contribution in [-0.2, 0) is 6.54 Å². The Balaban J connectivity index is 1.38. The lowest BCUT2D eigenvalue weighted by Gasteiger charge is -2.14. The van der Waals surface area contributed by atoms with E-state index in [9.17, 15) is 5.11 Å². The highest BCUT2D eigenvalue weighted by Gasteiger charge is 2.12. The number of oxazole rings is 1. The molecule has 0 fully saturated rings. The molecule has 0 radical (unpaired) electrons. The van der Waals surface area contributed by atoms with E-state index in [2.05, 4.69) is 32.7 Å². The van der Waals surface area contributed by atoms with Gasteiger partial charge in [0.1, 0.15) is 12.6 Å². The van der Waals surface area contributed by atoms with Crippen LogP contribution in [0.5, 0.6) is 0 Å². The standard InChI is InChI=1S/C23H24N4O2S/c1-2-24-23(26-13-18(28)21-12-17-10-6-7-11-20(17)30-21)27-15-22-25-14-19(29-22)16-8-4-3-5-9-16/h3-12,14,18,28H,2,13,15H2,1H3,(H2,24,26,27). The Morgan fingerprint density at radius 1 is 1.13 bits per heavy atom. The van der Waals surface area contributed by atoms with E-state index < -0.39 is 6.10 Å². The third-order valence-electron chi connectivity index (χ3n) is 4.56. The average Bonchev–Trinajstić information content (AvgIpc) is 3.43. The van der Waals surface area contributed by atoms with Crippen LogP contribution in [0.3, 0.4) is 0 Å². The predicted octanol–water partition coefficient (Wildman–Crippen LogP) is 4.35. The van der Waals surface area contributed by atoms with Crippen LogP contribution in [0.1, 0.15) is 23.8 Å². The number of nitrogens with zero attached hydrogens (tertiary/aromatic N) is 2. The number of rotatable bonds is 7. The number of aromatic nitrogens is 1. The zero-order valence-electron chi connectivity index (χ0n) is 16.7. The van der Waals surface area contributed by atoms with Gasteiger partial charge in [-0.25, -0.2) is 9.98 Å². The molecule has 30 heavy (non-hydrogen) atoms. The molecule has 2 aromatic heterocycles. The molecular formula is C23H24N4O2S. The molecule has 1 atom stereocenters. The first-order chi connectivity index (χ1) is 14.7. The summed E-state index contributed by atoms with van der Waals surface area (Å²) in [6, 6.07) is 20.0. The van der Waals surface area contributed by atoms with Crippen LogP contribution in [0.25, 0.3) is 21.4 Å². The Bertz CT molecular complexity index is 1090. The molecule has 0 spiro atoms. The number of aliphatic hydroxyl groups is 1. The van der Waals surface area contributed by atoms with Gasteiger partial charge < -0.3 is 20.2 Å². The van der Waals surface area contributed by atoms with Crippen molar-refractivity contribution in [2.24, 2.45) is 4.99 Å². The fourth-order valence-electron chi connectivity index (χ4n) is 3.07. The predicted molar refractivity (Wildman–Crippen MR) is 122 cm³/mol. The highest BCUT2D eigenvalue weighted by Crippen LogP contribution is 2.29. The minimum atomic E-state index is -0.613. The molecule has 0 saturated heterocycles. The summed E-state index contributed by atoms with van der Waals surface area (Å²) in [6.07, 6.45) is 1.10. The minimum Gasteiger partial charge on any atom is -0.439 e. The molecule has 6 nitrogen and oxygen atoms in total. The third-order valence-corrected chi connectivity index (χ3v) is 5.78. The van der Waals surface area contributed by atoms with Crippen LogP contribution in [0.2, 0.25) is 0 Å². The molecule has 0 amide bonds. The maximum absolute atomic E-state index is 10.6. The lowest BCUT2D eigenvalue weighted by molar-refractivity contribution is 0.184. The number of fused-ring (bicyclic) bond motifs is 1. The van der Waals surface area contributed by atoms with Gasteiger partial charge in [-0.1, -0.05) is 48.5 Å². The first-order valence-corrected chi connectivity index (χ1v) is 10.7. The molecule has 0 aliphatic heterocycles. The molecule has 0 saturated carbocycles. The smallest absolute Gasteiger partial charge is 0.216 e. The van der Waals surface area contributed by atoms with Crippen molar-refractivity contribution in [3.05, 3.63) is 77.6 Å². The normalized spacial score (nSPS) is 12.8. The fraction of sp³-hybridized carbons (Fsp3) is 0.217. The zero-order valence-corrected chi connectivity index (χ0v) is 17.5. The second kappa shape index (κ2) is 9.56. The summed E-state index contributed by atoms with van der Waals surface area (Å²) in [7, 11) is 0. The number of hydrogen-bond donors (Lipinski definition) is 3. The summed E-state index contributed by atoms with van der Waals surface area (Å²) in [5.41, 5.74) is 0.983. The van der Waals surface area contributed by atoms with Crippen molar-refractivity contribution >= 4 is 27.4 Å². The molecule has 154 valence electrons. The molecule has 4 rings (SSSR count). The van der Waals surface area contributed by atoms with Crippen molar-refractivity contribution in [1.82, 2.24) is 15.6 Å². The zero-order chi connectivity index (χ0) is 20.8. The molecule has 7 heteroatoms. The highest BCUT2D eigenvalue weighted by atomic mass is 32.1. The maximum atomic E-state index is 10.6. The largest absolute Gasteiger partial charge is 0.439 e. The van der Waals surface area contributed by atoms with Gasteiger partial charge in [0.05, 0.1) is 6.20 Å². The second-order valence-electron chi connectivity index (χ2n) is 6.76. The number of guanidine groups is 1. The van der Waals surface area contributed by atoms with E-state index in [4.69, 9.17) is 4.42 Å². The van der Waals surface area contributed by atoms with Gasteiger partial charge in [0.25, 0.3) is 0 Å². The molecule has 1 unspecified atom stereocenters. The Hall–Kier alpha value is -3.16. The van der Waals surface area contributed by atoms with Gasteiger partial charge in [0.15, 0.2) is 11.7 Å². The summed E-state index contributed by atoms with van der Waals surface area (Å²) in [5, 5.41) is 18.1. The summed E-state index contributed by atoms with van der Waals surface area (Å²) in [4.78, 5) is 9.77. The SMILES string of the molecule is CCNC(=NCc1ncc(-c2ccccc2)o1)NCC(O)c1cc2ccccc2s1. The Morgan fingerprint density at radius 2 is 1.93 bits per heavy atom. The first-order valence-electron chi connectivity index (χ1n) is 9.92. The lowest BCUT2D eigenvalue weighted by atomic mass is 10.2. The van der Waals surface area contributed by atoms with E-state index in [-0.39, 0.29) is 0 Å². The number of hydrogen-bond acceptors (Lipinski definition) is 5. The number of thiophene rings is 1. The van der Waals surface area contributed by atoms with Gasteiger partial charge in [-0.15, -0.1) is 11.3 Å². The third kappa shape index (κ3) is 4.87. The summed E-state index contributed by atoms with van der Waals surface area (Å²) >= 11 is 1.61. The molecule has 2 aromatic carbocycles. The van der Waals surface area contributed by atoms with Gasteiger partial charge in [-0.05, 0) is 24.4 Å². The summed E-state index contributed by atoms with van der Waals surface area (Å²) in [5.74, 6) is 1.87. The first kappa shape index (κ1) is 20.1. The number of aliphatic imine (C=N–C) groups is 1. The Morgan fingerprint density at radius 3 is 2.73 bits per heavy atom. The minimum absolute atomic E-state index is 0.307. The Kier molecular flexibility index (Phi) is 6.41. The van der Waals surface area contributed by atoms with Crippen molar-refractivity contribution in [3.63, 3.8) is 0 Å². The van der Waals surface area contributed by atoms with Crippen LogP contribution in [-0.4, -0.2) is 29.1 Å². The molecule has 0 aliphatic rings. The van der Waals surface area contributed by atoms with Gasteiger partial charge >= 0.3 is 0 Å². The lowest BCUT2D eigenvalue weighted by Crippen LogP contribution is -2.39. The monoisotopic (exact) mass is 420 g/mol. The number of aliphatic hydroxyl groups excluding tert-OH is 1. The Labute approximate surface area is 179 Å². The fourth-order valence-corrected chi connectivity index (χ4v) is 4.12. The van der Waals surface area contributed by atoms with Crippen molar-refractivity contribution in [1.29, 1.82) is 0 Å². The molecule has 3 N–H and O–H groups in total. The van der Waals surface area contributed by atoms with E-state index in [0.29, 0.717) is 31.5 Å². The summed E-state index contributed by atoms with van der Waals surface area (Å²) < 4.78 is 6.98. The van der Waals surface area contributed by atoms with E-state index in [1.807, 2.05) is 55.5 Å². The molecule has 2 heterocycles. The van der Waals surface area contributed by atoms with E-state index in [1.54, 1.807) is 17.5 Å².